The molecule has 20 heavy (non-hydrogen) atoms. The first kappa shape index (κ1) is 13.0. The molecule has 0 bridgehead atoms. The molecule has 0 amide bonds. The van der Waals surface area contributed by atoms with Gasteiger partial charge in [0.1, 0.15) is 5.82 Å². The molecule has 0 atom stereocenters. The number of halogens is 1. The number of carbonyl (C=O) groups is 1. The van der Waals surface area contributed by atoms with E-state index in [1.807, 2.05) is 18.2 Å². The summed E-state index contributed by atoms with van der Waals surface area (Å²) in [6, 6.07) is 13.9. The predicted octanol–water partition coefficient (Wildman–Crippen LogP) is 4.83. The zero-order valence-corrected chi connectivity index (χ0v) is 11.8. The van der Waals surface area contributed by atoms with Crippen LogP contribution in [0.1, 0.15) is 27.0 Å². The molecule has 1 heterocycles. The first-order valence-corrected chi connectivity index (χ1v) is 7.33. The van der Waals surface area contributed by atoms with Crippen LogP contribution in [-0.2, 0) is 6.42 Å². The molecule has 1 nitrogen and oxygen atoms in total. The highest BCUT2D eigenvalue weighted by Crippen LogP contribution is 2.26. The Hall–Kier alpha value is -2.00. The van der Waals surface area contributed by atoms with Crippen molar-refractivity contribution in [3.05, 3.63) is 69.7 Å². The van der Waals surface area contributed by atoms with Gasteiger partial charge in [-0.15, -0.1) is 11.3 Å². The van der Waals surface area contributed by atoms with Crippen LogP contribution in [0.15, 0.2) is 48.5 Å². The summed E-state index contributed by atoms with van der Waals surface area (Å²) < 4.78 is 13.8. The maximum absolute atomic E-state index is 13.8. The molecule has 3 rings (SSSR count). The van der Waals surface area contributed by atoms with E-state index in [0.717, 1.165) is 6.42 Å². The molecule has 1 aromatic heterocycles. The molecule has 100 valence electrons. The first-order valence-electron chi connectivity index (χ1n) is 6.51. The summed E-state index contributed by atoms with van der Waals surface area (Å²) in [7, 11) is 0. The van der Waals surface area contributed by atoms with Crippen molar-refractivity contribution in [3.8, 4) is 0 Å². The highest BCUT2D eigenvalue weighted by atomic mass is 32.1. The summed E-state index contributed by atoms with van der Waals surface area (Å²) in [6.45, 7) is 2.06. The maximum atomic E-state index is 13.8. The van der Waals surface area contributed by atoms with Crippen LogP contribution in [0.2, 0.25) is 0 Å². The number of benzene rings is 2. The van der Waals surface area contributed by atoms with E-state index in [0.29, 0.717) is 21.2 Å². The standard InChI is InChI=1S/C17H13FOS/c1-2-11-7-10-16(20-11)17(19)14-8-9-15(18)13-6-4-3-5-12(13)14/h3-10H,2H2,1H3. The van der Waals surface area contributed by atoms with E-state index in [9.17, 15) is 9.18 Å². The van der Waals surface area contributed by atoms with Crippen molar-refractivity contribution in [1.29, 1.82) is 0 Å². The van der Waals surface area contributed by atoms with E-state index in [4.69, 9.17) is 0 Å². The Morgan fingerprint density at radius 1 is 1.05 bits per heavy atom. The Morgan fingerprint density at radius 2 is 1.80 bits per heavy atom. The minimum Gasteiger partial charge on any atom is -0.288 e. The molecule has 0 N–H and O–H groups in total. The minimum absolute atomic E-state index is 0.0362. The van der Waals surface area contributed by atoms with Crippen molar-refractivity contribution >= 4 is 27.9 Å². The van der Waals surface area contributed by atoms with E-state index < -0.39 is 0 Å². The normalized spacial score (nSPS) is 10.9. The highest BCUT2D eigenvalue weighted by Gasteiger charge is 2.15. The predicted molar refractivity (Wildman–Crippen MR) is 81.0 cm³/mol. The van der Waals surface area contributed by atoms with Gasteiger partial charge in [-0.2, -0.15) is 0 Å². The monoisotopic (exact) mass is 284 g/mol. The Morgan fingerprint density at radius 3 is 2.50 bits per heavy atom. The van der Waals surface area contributed by atoms with Gasteiger partial charge < -0.3 is 0 Å². The van der Waals surface area contributed by atoms with Gasteiger partial charge in [-0.05, 0) is 36.1 Å². The number of thiophene rings is 1. The number of fused-ring (bicyclic) bond motifs is 1. The summed E-state index contributed by atoms with van der Waals surface area (Å²) in [6.07, 6.45) is 0.919. The van der Waals surface area contributed by atoms with Gasteiger partial charge in [0.2, 0.25) is 5.78 Å². The molecule has 0 aliphatic rings. The van der Waals surface area contributed by atoms with E-state index in [1.54, 1.807) is 24.3 Å². The summed E-state index contributed by atoms with van der Waals surface area (Å²) in [5.74, 6) is -0.330. The van der Waals surface area contributed by atoms with E-state index >= 15 is 0 Å². The van der Waals surface area contributed by atoms with Crippen LogP contribution in [0, 0.1) is 5.82 Å². The molecular weight excluding hydrogens is 271 g/mol. The van der Waals surface area contributed by atoms with Gasteiger partial charge in [0, 0.05) is 15.8 Å². The van der Waals surface area contributed by atoms with E-state index in [2.05, 4.69) is 6.92 Å². The number of ketones is 1. The molecule has 0 unspecified atom stereocenters. The second-order valence-corrected chi connectivity index (χ2v) is 5.76. The van der Waals surface area contributed by atoms with Gasteiger partial charge in [-0.1, -0.05) is 31.2 Å². The number of rotatable bonds is 3. The molecule has 0 fully saturated rings. The maximum Gasteiger partial charge on any atom is 0.203 e. The topological polar surface area (TPSA) is 17.1 Å². The average molecular weight is 284 g/mol. The van der Waals surface area contributed by atoms with Crippen LogP contribution in [0.5, 0.6) is 0 Å². The zero-order chi connectivity index (χ0) is 14.1. The molecule has 3 heteroatoms. The average Bonchev–Trinajstić information content (AvgIpc) is 2.96. The number of carbonyl (C=O) groups excluding carboxylic acids is 1. The SMILES string of the molecule is CCc1ccc(C(=O)c2ccc(F)c3ccccc23)s1. The fraction of sp³-hybridized carbons (Fsp3) is 0.118. The summed E-state index contributed by atoms with van der Waals surface area (Å²) in [5.41, 5.74) is 0.562. The smallest absolute Gasteiger partial charge is 0.203 e. The molecular formula is C17H13FOS. The number of hydrogen-bond donors (Lipinski definition) is 0. The third-order valence-corrected chi connectivity index (χ3v) is 4.58. The molecule has 0 saturated carbocycles. The number of aryl methyl sites for hydroxylation is 1. The van der Waals surface area contributed by atoms with Crippen molar-refractivity contribution in [1.82, 2.24) is 0 Å². The van der Waals surface area contributed by atoms with Gasteiger partial charge in [-0.3, -0.25) is 4.79 Å². The Balaban J connectivity index is 2.14. The largest absolute Gasteiger partial charge is 0.288 e. The van der Waals surface area contributed by atoms with Crippen molar-refractivity contribution in [2.45, 2.75) is 13.3 Å². The molecule has 2 aromatic carbocycles. The number of hydrogen-bond acceptors (Lipinski definition) is 2. The fourth-order valence-electron chi connectivity index (χ4n) is 2.28. The van der Waals surface area contributed by atoms with Crippen LogP contribution < -0.4 is 0 Å². The lowest BCUT2D eigenvalue weighted by atomic mass is 10.0. The van der Waals surface area contributed by atoms with Crippen LogP contribution in [0.3, 0.4) is 0 Å². The Kier molecular flexibility index (Phi) is 3.36. The summed E-state index contributed by atoms with van der Waals surface area (Å²) >= 11 is 1.51. The zero-order valence-electron chi connectivity index (χ0n) is 11.0. The quantitative estimate of drug-likeness (QED) is 0.629. The van der Waals surface area contributed by atoms with E-state index in [1.165, 1.54) is 22.3 Å². The second kappa shape index (κ2) is 5.17. The molecule has 0 saturated heterocycles. The van der Waals surface area contributed by atoms with Crippen LogP contribution in [0.25, 0.3) is 10.8 Å². The summed E-state index contributed by atoms with van der Waals surface area (Å²) in [5, 5.41) is 1.16. The van der Waals surface area contributed by atoms with Crippen LogP contribution in [-0.4, -0.2) is 5.78 Å². The molecule has 0 aliphatic carbocycles. The van der Waals surface area contributed by atoms with Crippen molar-refractivity contribution < 1.29 is 9.18 Å². The van der Waals surface area contributed by atoms with E-state index in [-0.39, 0.29) is 11.6 Å². The lowest BCUT2D eigenvalue weighted by Crippen LogP contribution is -2.00. The second-order valence-electron chi connectivity index (χ2n) is 4.59. The van der Waals surface area contributed by atoms with Gasteiger partial charge in [0.15, 0.2) is 0 Å². The lowest BCUT2D eigenvalue weighted by molar-refractivity contribution is 0.104. The fourth-order valence-corrected chi connectivity index (χ4v) is 3.18. The molecule has 0 spiro atoms. The molecule has 0 aliphatic heterocycles. The Bertz CT molecular complexity index is 789. The van der Waals surface area contributed by atoms with Crippen molar-refractivity contribution in [2.75, 3.05) is 0 Å². The molecule has 3 aromatic rings. The van der Waals surface area contributed by atoms with Crippen molar-refractivity contribution in [3.63, 3.8) is 0 Å². The van der Waals surface area contributed by atoms with Gasteiger partial charge in [-0.25, -0.2) is 4.39 Å². The third-order valence-electron chi connectivity index (χ3n) is 3.35. The third kappa shape index (κ3) is 2.14. The minimum atomic E-state index is -0.294. The van der Waals surface area contributed by atoms with Crippen molar-refractivity contribution in [2.24, 2.45) is 0 Å². The lowest BCUT2D eigenvalue weighted by Gasteiger charge is -2.05. The Labute approximate surface area is 120 Å². The summed E-state index contributed by atoms with van der Waals surface area (Å²) in [4.78, 5) is 14.5. The van der Waals surface area contributed by atoms with Crippen LogP contribution >= 0.6 is 11.3 Å². The van der Waals surface area contributed by atoms with Crippen LogP contribution in [0.4, 0.5) is 4.39 Å². The van der Waals surface area contributed by atoms with Gasteiger partial charge in [0.25, 0.3) is 0 Å². The van der Waals surface area contributed by atoms with Gasteiger partial charge in [0.05, 0.1) is 4.88 Å². The van der Waals surface area contributed by atoms with Gasteiger partial charge >= 0.3 is 0 Å². The first-order chi connectivity index (χ1) is 9.70. The highest BCUT2D eigenvalue weighted by molar-refractivity contribution is 7.14. The molecule has 0 radical (unpaired) electrons.